The maximum Gasteiger partial charge on any atom is 0.273 e. The molecule has 3 rings (SSSR count). The minimum atomic E-state index is -0.654. The summed E-state index contributed by atoms with van der Waals surface area (Å²) >= 11 is 0. The van der Waals surface area contributed by atoms with Gasteiger partial charge in [0.2, 0.25) is 5.95 Å². The quantitative estimate of drug-likeness (QED) is 0.736. The summed E-state index contributed by atoms with van der Waals surface area (Å²) in [4.78, 5) is 15.7. The highest BCUT2D eigenvalue weighted by Crippen LogP contribution is 2.25. The van der Waals surface area contributed by atoms with E-state index in [0.29, 0.717) is 17.8 Å². The molecule has 8 heteroatoms. The number of nitrogens with zero attached hydrogens (tertiary/aromatic N) is 3. The Hall–Kier alpha value is -2.90. The minimum Gasteiger partial charge on any atom is -0.497 e. The van der Waals surface area contributed by atoms with Gasteiger partial charge in [0.25, 0.3) is 5.91 Å². The lowest BCUT2D eigenvalue weighted by Crippen LogP contribution is -2.20. The number of rotatable bonds is 6. The number of nitrogens with two attached hydrogens (primary N) is 1. The van der Waals surface area contributed by atoms with Gasteiger partial charge in [0.05, 0.1) is 7.11 Å². The van der Waals surface area contributed by atoms with E-state index in [4.69, 9.17) is 10.5 Å². The minimum absolute atomic E-state index is 0.0483. The summed E-state index contributed by atoms with van der Waals surface area (Å²) in [6.45, 7) is 0. The topological polar surface area (TPSA) is 115 Å². The molecule has 1 aromatic carbocycles. The molecule has 0 saturated heterocycles. The zero-order valence-corrected chi connectivity index (χ0v) is 12.0. The third kappa shape index (κ3) is 3.22. The molecule has 0 radical (unpaired) electrons. The number of carbonyl (C=O) groups excluding carboxylic acids is 1. The molecule has 4 N–H and O–H groups in total. The van der Waals surface area contributed by atoms with E-state index in [0.717, 1.165) is 24.3 Å². The van der Waals surface area contributed by atoms with Gasteiger partial charge in [-0.2, -0.15) is 4.98 Å². The van der Waals surface area contributed by atoms with Gasteiger partial charge in [-0.1, -0.05) is 0 Å². The summed E-state index contributed by atoms with van der Waals surface area (Å²) < 4.78 is 5.10. The lowest BCUT2D eigenvalue weighted by atomic mass is 10.3. The fourth-order valence-corrected chi connectivity index (χ4v) is 1.87. The molecule has 2 aromatic rings. The lowest BCUT2D eigenvalue weighted by molar-refractivity contribution is 0.0995. The Morgan fingerprint density at radius 2 is 2.00 bits per heavy atom. The summed E-state index contributed by atoms with van der Waals surface area (Å²) in [5, 5.41) is 13.9. The average Bonchev–Trinajstić information content (AvgIpc) is 3.32. The summed E-state index contributed by atoms with van der Waals surface area (Å²) in [6.07, 6.45) is 2.09. The van der Waals surface area contributed by atoms with Crippen molar-refractivity contribution in [2.75, 3.05) is 17.7 Å². The number of nitrogens with one attached hydrogen (secondary N) is 2. The van der Waals surface area contributed by atoms with Crippen molar-refractivity contribution in [1.29, 1.82) is 0 Å². The number of anilines is 3. The van der Waals surface area contributed by atoms with Gasteiger partial charge in [0.1, 0.15) is 5.75 Å². The SMILES string of the molecule is COc1ccc(Nc2nnc(C(N)=O)c(NC3CC3)n2)cc1. The number of hydrogen-bond acceptors (Lipinski definition) is 7. The molecule has 1 aliphatic carbocycles. The van der Waals surface area contributed by atoms with Gasteiger partial charge in [0, 0.05) is 11.7 Å². The van der Waals surface area contributed by atoms with Crippen LogP contribution in [0.5, 0.6) is 5.75 Å². The predicted molar refractivity (Wildman–Crippen MR) is 81.3 cm³/mol. The molecule has 0 atom stereocenters. The van der Waals surface area contributed by atoms with Gasteiger partial charge >= 0.3 is 0 Å². The number of carbonyl (C=O) groups is 1. The maximum atomic E-state index is 11.4. The van der Waals surface area contributed by atoms with E-state index in [1.807, 2.05) is 24.3 Å². The summed E-state index contributed by atoms with van der Waals surface area (Å²) in [6, 6.07) is 7.62. The first-order valence-electron chi connectivity index (χ1n) is 6.88. The van der Waals surface area contributed by atoms with Crippen LogP contribution in [-0.4, -0.2) is 34.2 Å². The van der Waals surface area contributed by atoms with Crippen LogP contribution in [0.1, 0.15) is 23.3 Å². The van der Waals surface area contributed by atoms with Crippen molar-refractivity contribution < 1.29 is 9.53 Å². The first-order chi connectivity index (χ1) is 10.7. The first kappa shape index (κ1) is 14.1. The van der Waals surface area contributed by atoms with Crippen molar-refractivity contribution in [3.05, 3.63) is 30.0 Å². The van der Waals surface area contributed by atoms with Crippen molar-refractivity contribution >= 4 is 23.4 Å². The summed E-state index contributed by atoms with van der Waals surface area (Å²) in [7, 11) is 1.61. The zero-order valence-electron chi connectivity index (χ0n) is 12.0. The summed E-state index contributed by atoms with van der Waals surface area (Å²) in [5.74, 6) is 0.753. The van der Waals surface area contributed by atoms with Crippen molar-refractivity contribution in [3.8, 4) is 5.75 Å². The average molecular weight is 300 g/mol. The molecule has 1 heterocycles. The smallest absolute Gasteiger partial charge is 0.273 e. The molecule has 0 unspecified atom stereocenters. The van der Waals surface area contributed by atoms with E-state index in [-0.39, 0.29) is 5.69 Å². The van der Waals surface area contributed by atoms with Gasteiger partial charge in [-0.05, 0) is 37.1 Å². The van der Waals surface area contributed by atoms with Crippen LogP contribution in [0.4, 0.5) is 17.5 Å². The first-order valence-corrected chi connectivity index (χ1v) is 6.88. The fraction of sp³-hybridized carbons (Fsp3) is 0.286. The number of ether oxygens (including phenoxy) is 1. The highest BCUT2D eigenvalue weighted by atomic mass is 16.5. The van der Waals surface area contributed by atoms with Crippen LogP contribution in [-0.2, 0) is 0 Å². The fourth-order valence-electron chi connectivity index (χ4n) is 1.87. The molecule has 0 spiro atoms. The Morgan fingerprint density at radius 1 is 1.27 bits per heavy atom. The molecular weight excluding hydrogens is 284 g/mol. The molecule has 8 nitrogen and oxygen atoms in total. The van der Waals surface area contributed by atoms with Crippen LogP contribution in [0.2, 0.25) is 0 Å². The van der Waals surface area contributed by atoms with Crippen LogP contribution in [0.3, 0.4) is 0 Å². The molecule has 1 aromatic heterocycles. The number of aromatic nitrogens is 3. The van der Waals surface area contributed by atoms with Gasteiger partial charge in [-0.25, -0.2) is 0 Å². The molecule has 22 heavy (non-hydrogen) atoms. The van der Waals surface area contributed by atoms with Crippen molar-refractivity contribution in [2.45, 2.75) is 18.9 Å². The van der Waals surface area contributed by atoms with Gasteiger partial charge in [-0.15, -0.1) is 10.2 Å². The zero-order chi connectivity index (χ0) is 15.5. The number of primary amides is 1. The van der Waals surface area contributed by atoms with Gasteiger partial charge < -0.3 is 21.1 Å². The highest BCUT2D eigenvalue weighted by molar-refractivity contribution is 5.95. The van der Waals surface area contributed by atoms with Crippen LogP contribution < -0.4 is 21.1 Å². The van der Waals surface area contributed by atoms with E-state index < -0.39 is 5.91 Å². The largest absolute Gasteiger partial charge is 0.497 e. The second-order valence-corrected chi connectivity index (χ2v) is 4.97. The molecular formula is C14H16N6O2. The molecule has 1 aliphatic rings. The third-order valence-electron chi connectivity index (χ3n) is 3.18. The Balaban J connectivity index is 1.81. The molecule has 1 amide bonds. The molecule has 1 fully saturated rings. The van der Waals surface area contributed by atoms with Crippen LogP contribution in [0.15, 0.2) is 24.3 Å². The van der Waals surface area contributed by atoms with Crippen molar-refractivity contribution in [1.82, 2.24) is 15.2 Å². The van der Waals surface area contributed by atoms with E-state index >= 15 is 0 Å². The second kappa shape index (κ2) is 5.84. The van der Waals surface area contributed by atoms with Crippen LogP contribution in [0, 0.1) is 0 Å². The predicted octanol–water partition coefficient (Wildman–Crippen LogP) is 1.30. The summed E-state index contributed by atoms with van der Waals surface area (Å²) in [5.41, 5.74) is 6.12. The Labute approximate surface area is 127 Å². The second-order valence-electron chi connectivity index (χ2n) is 4.97. The third-order valence-corrected chi connectivity index (χ3v) is 3.18. The molecule has 0 aliphatic heterocycles. The Kier molecular flexibility index (Phi) is 3.73. The number of benzene rings is 1. The van der Waals surface area contributed by atoms with Crippen LogP contribution >= 0.6 is 0 Å². The molecule has 1 saturated carbocycles. The van der Waals surface area contributed by atoms with Crippen LogP contribution in [0.25, 0.3) is 0 Å². The van der Waals surface area contributed by atoms with Gasteiger partial charge in [-0.3, -0.25) is 4.79 Å². The normalized spacial score (nSPS) is 13.5. The Morgan fingerprint density at radius 3 is 2.59 bits per heavy atom. The number of hydrogen-bond donors (Lipinski definition) is 3. The van der Waals surface area contributed by atoms with Gasteiger partial charge in [0.15, 0.2) is 11.5 Å². The Bertz CT molecular complexity index is 684. The standard InChI is InChI=1S/C14H16N6O2/c1-22-10-6-4-9(5-7-10)17-14-18-13(16-8-2-3-8)11(12(15)21)19-20-14/h4-8H,2-3H2,1H3,(H2,15,21)(H2,16,17,18,20). The van der Waals surface area contributed by atoms with Crippen molar-refractivity contribution in [3.63, 3.8) is 0 Å². The molecule has 114 valence electrons. The van der Waals surface area contributed by atoms with E-state index in [1.54, 1.807) is 7.11 Å². The number of amides is 1. The highest BCUT2D eigenvalue weighted by Gasteiger charge is 2.25. The monoisotopic (exact) mass is 300 g/mol. The lowest BCUT2D eigenvalue weighted by Gasteiger charge is -2.10. The van der Waals surface area contributed by atoms with E-state index in [1.165, 1.54) is 0 Å². The van der Waals surface area contributed by atoms with Crippen molar-refractivity contribution in [2.24, 2.45) is 5.73 Å². The maximum absolute atomic E-state index is 11.4. The molecule has 0 bridgehead atoms. The van der Waals surface area contributed by atoms with E-state index in [2.05, 4.69) is 25.8 Å². The van der Waals surface area contributed by atoms with E-state index in [9.17, 15) is 4.79 Å². The number of methoxy groups -OCH3 is 1.